The average Bonchev–Trinajstić information content (AvgIpc) is 2.92. The van der Waals surface area contributed by atoms with Crippen LogP contribution in [0.1, 0.15) is 17.4 Å². The smallest absolute Gasteiger partial charge is 0.299 e. The Morgan fingerprint density at radius 1 is 1.42 bits per heavy atom. The average molecular weight is 407 g/mol. The molecule has 0 unspecified atom stereocenters. The van der Waals surface area contributed by atoms with Crippen LogP contribution < -0.4 is 4.80 Å². The van der Waals surface area contributed by atoms with E-state index in [4.69, 9.17) is 4.74 Å². The molecule has 1 aromatic carbocycles. The number of thiazole rings is 1. The normalized spacial score (nSPS) is 12.0. The molecule has 0 atom stereocenters. The number of rotatable bonds is 5. The molecule has 0 aliphatic rings. The maximum atomic E-state index is 12.3. The van der Waals surface area contributed by atoms with Gasteiger partial charge in [0.05, 0.1) is 23.0 Å². The van der Waals surface area contributed by atoms with E-state index in [1.807, 2.05) is 29.7 Å². The van der Waals surface area contributed by atoms with E-state index in [1.165, 1.54) is 29.9 Å². The Morgan fingerprint density at radius 2 is 2.29 bits per heavy atom. The summed E-state index contributed by atoms with van der Waals surface area (Å²) in [6, 6.07) is 6.00. The van der Waals surface area contributed by atoms with E-state index >= 15 is 0 Å². The number of halogens is 1. The quantitative estimate of drug-likeness (QED) is 0.610. The molecule has 0 N–H and O–H groups in total. The van der Waals surface area contributed by atoms with Crippen LogP contribution in [0, 0.1) is 0 Å². The monoisotopic (exact) mass is 406 g/mol. The van der Waals surface area contributed by atoms with Crippen molar-refractivity contribution in [3.63, 3.8) is 0 Å². The minimum Gasteiger partial charge on any atom is -0.380 e. The van der Waals surface area contributed by atoms with Crippen LogP contribution in [0.5, 0.6) is 0 Å². The van der Waals surface area contributed by atoms with Gasteiger partial charge in [-0.1, -0.05) is 27.3 Å². The van der Waals surface area contributed by atoms with Gasteiger partial charge in [0.1, 0.15) is 5.69 Å². The highest BCUT2D eigenvalue weighted by molar-refractivity contribution is 9.10. The van der Waals surface area contributed by atoms with Crippen molar-refractivity contribution < 1.29 is 9.53 Å². The lowest BCUT2D eigenvalue weighted by atomic mass is 10.3. The number of benzene rings is 1. The third kappa shape index (κ3) is 3.77. The van der Waals surface area contributed by atoms with Crippen molar-refractivity contribution in [2.75, 3.05) is 13.2 Å². The molecule has 6 nitrogen and oxygen atoms in total. The number of aromatic nitrogens is 3. The van der Waals surface area contributed by atoms with Crippen molar-refractivity contribution >= 4 is 43.4 Å². The second kappa shape index (κ2) is 7.78. The fourth-order valence-electron chi connectivity index (χ4n) is 2.20. The van der Waals surface area contributed by atoms with Crippen molar-refractivity contribution in [1.82, 2.24) is 14.5 Å². The second-order valence-electron chi connectivity index (χ2n) is 4.85. The van der Waals surface area contributed by atoms with Gasteiger partial charge in [-0.3, -0.25) is 9.78 Å². The predicted molar refractivity (Wildman–Crippen MR) is 95.9 cm³/mol. The molecule has 0 bridgehead atoms. The van der Waals surface area contributed by atoms with E-state index in [9.17, 15) is 4.79 Å². The van der Waals surface area contributed by atoms with E-state index in [2.05, 4.69) is 30.9 Å². The summed E-state index contributed by atoms with van der Waals surface area (Å²) in [5, 5.41) is 0. The molecule has 0 aliphatic carbocycles. The lowest BCUT2D eigenvalue weighted by Gasteiger charge is -2.05. The van der Waals surface area contributed by atoms with E-state index in [-0.39, 0.29) is 5.69 Å². The zero-order chi connectivity index (χ0) is 16.9. The number of nitrogens with zero attached hydrogens (tertiary/aromatic N) is 4. The molecule has 0 radical (unpaired) electrons. The molecular weight excluding hydrogens is 392 g/mol. The molecular formula is C16H15BrN4O2S. The van der Waals surface area contributed by atoms with Gasteiger partial charge in [-0.2, -0.15) is 4.99 Å². The maximum Gasteiger partial charge on any atom is 0.299 e. The first-order chi connectivity index (χ1) is 11.7. The maximum absolute atomic E-state index is 12.3. The summed E-state index contributed by atoms with van der Waals surface area (Å²) in [5.41, 5.74) is 1.25. The lowest BCUT2D eigenvalue weighted by Crippen LogP contribution is -2.20. The molecule has 3 aromatic rings. The van der Waals surface area contributed by atoms with Gasteiger partial charge in [0.15, 0.2) is 4.80 Å². The van der Waals surface area contributed by atoms with Gasteiger partial charge in [-0.05, 0) is 25.1 Å². The minimum absolute atomic E-state index is 0.229. The van der Waals surface area contributed by atoms with Crippen LogP contribution in [-0.2, 0) is 11.3 Å². The topological polar surface area (TPSA) is 69.4 Å². The zero-order valence-electron chi connectivity index (χ0n) is 13.0. The number of fused-ring (bicyclic) bond motifs is 1. The Labute approximate surface area is 151 Å². The van der Waals surface area contributed by atoms with Gasteiger partial charge in [0, 0.05) is 30.0 Å². The summed E-state index contributed by atoms with van der Waals surface area (Å²) in [6.45, 7) is 3.79. The number of carbonyl (C=O) groups is 1. The van der Waals surface area contributed by atoms with Crippen LogP contribution >= 0.6 is 27.3 Å². The van der Waals surface area contributed by atoms with Crippen molar-refractivity contribution in [3.8, 4) is 0 Å². The van der Waals surface area contributed by atoms with Gasteiger partial charge in [-0.25, -0.2) is 4.98 Å². The number of hydrogen-bond donors (Lipinski definition) is 0. The first kappa shape index (κ1) is 16.9. The Morgan fingerprint density at radius 3 is 3.04 bits per heavy atom. The number of amides is 1. The highest BCUT2D eigenvalue weighted by Gasteiger charge is 2.10. The lowest BCUT2D eigenvalue weighted by molar-refractivity contribution is 0.0991. The summed E-state index contributed by atoms with van der Waals surface area (Å²) in [5.74, 6) is -0.404. The zero-order valence-corrected chi connectivity index (χ0v) is 15.4. The highest BCUT2D eigenvalue weighted by Crippen LogP contribution is 2.22. The summed E-state index contributed by atoms with van der Waals surface area (Å²) in [4.78, 5) is 25.1. The van der Waals surface area contributed by atoms with E-state index in [0.717, 1.165) is 14.7 Å². The Hall–Kier alpha value is -1.90. The van der Waals surface area contributed by atoms with Gasteiger partial charge < -0.3 is 9.30 Å². The van der Waals surface area contributed by atoms with Gasteiger partial charge in [0.2, 0.25) is 0 Å². The highest BCUT2D eigenvalue weighted by atomic mass is 79.9. The Balaban J connectivity index is 2.06. The fourth-order valence-corrected chi connectivity index (χ4v) is 3.81. The third-order valence-corrected chi connectivity index (χ3v) is 4.82. The Kier molecular flexibility index (Phi) is 5.49. The molecule has 2 aromatic heterocycles. The third-order valence-electron chi connectivity index (χ3n) is 3.29. The SMILES string of the molecule is CCOCCn1c(=NC(=O)c2cnccn2)sc2cc(Br)ccc21. The summed E-state index contributed by atoms with van der Waals surface area (Å²) >= 11 is 4.94. The van der Waals surface area contributed by atoms with E-state index in [0.29, 0.717) is 24.6 Å². The number of hydrogen-bond acceptors (Lipinski definition) is 5. The number of ether oxygens (including phenoxy) is 1. The molecule has 0 fully saturated rings. The molecule has 0 saturated heterocycles. The number of carbonyl (C=O) groups excluding carboxylic acids is 1. The van der Waals surface area contributed by atoms with Crippen molar-refractivity contribution in [2.24, 2.45) is 4.99 Å². The predicted octanol–water partition coefficient (Wildman–Crippen LogP) is 3.03. The summed E-state index contributed by atoms with van der Waals surface area (Å²) in [6.07, 6.45) is 4.42. The molecule has 8 heteroatoms. The Bertz CT molecular complexity index is 921. The standard InChI is InChI=1S/C16H15BrN4O2S/c1-2-23-8-7-21-13-4-3-11(17)9-14(13)24-16(21)20-15(22)12-10-18-5-6-19-12/h3-6,9-10H,2,7-8H2,1H3. The van der Waals surface area contributed by atoms with Crippen LogP contribution in [0.4, 0.5) is 0 Å². The molecule has 124 valence electrons. The first-order valence-electron chi connectivity index (χ1n) is 7.40. The van der Waals surface area contributed by atoms with Crippen LogP contribution in [0.2, 0.25) is 0 Å². The van der Waals surface area contributed by atoms with Crippen molar-refractivity contribution in [1.29, 1.82) is 0 Å². The van der Waals surface area contributed by atoms with Crippen molar-refractivity contribution in [3.05, 3.63) is 51.8 Å². The molecule has 2 heterocycles. The molecule has 24 heavy (non-hydrogen) atoms. The largest absolute Gasteiger partial charge is 0.380 e. The fraction of sp³-hybridized carbons (Fsp3) is 0.250. The van der Waals surface area contributed by atoms with E-state index < -0.39 is 5.91 Å². The molecule has 1 amide bonds. The molecule has 0 aliphatic heterocycles. The van der Waals surface area contributed by atoms with Gasteiger partial charge >= 0.3 is 0 Å². The second-order valence-corrected chi connectivity index (χ2v) is 6.78. The van der Waals surface area contributed by atoms with Crippen LogP contribution in [0.3, 0.4) is 0 Å². The van der Waals surface area contributed by atoms with Gasteiger partial charge in [0.25, 0.3) is 5.91 Å². The van der Waals surface area contributed by atoms with Crippen molar-refractivity contribution in [2.45, 2.75) is 13.5 Å². The summed E-state index contributed by atoms with van der Waals surface area (Å²) < 4.78 is 9.48. The first-order valence-corrected chi connectivity index (χ1v) is 9.01. The molecule has 3 rings (SSSR count). The van der Waals surface area contributed by atoms with Gasteiger partial charge in [-0.15, -0.1) is 0 Å². The van der Waals surface area contributed by atoms with E-state index in [1.54, 1.807) is 0 Å². The molecule has 0 saturated carbocycles. The van der Waals surface area contributed by atoms with Crippen LogP contribution in [-0.4, -0.2) is 33.7 Å². The minimum atomic E-state index is -0.404. The summed E-state index contributed by atoms with van der Waals surface area (Å²) in [7, 11) is 0. The molecule has 0 spiro atoms. The van der Waals surface area contributed by atoms with Crippen LogP contribution in [0.15, 0.2) is 46.3 Å². The van der Waals surface area contributed by atoms with Crippen LogP contribution in [0.25, 0.3) is 10.2 Å².